The van der Waals surface area contributed by atoms with Crippen molar-refractivity contribution in [2.75, 3.05) is 4.72 Å². The highest BCUT2D eigenvalue weighted by molar-refractivity contribution is 7.92. The third kappa shape index (κ3) is 7.42. The Morgan fingerprint density at radius 2 is 1.54 bits per heavy atom. The van der Waals surface area contributed by atoms with E-state index in [2.05, 4.69) is 15.2 Å². The van der Waals surface area contributed by atoms with Gasteiger partial charge in [-0.25, -0.2) is 13.8 Å². The maximum Gasteiger partial charge on any atom is 0.271 e. The molecule has 0 aromatic heterocycles. The van der Waals surface area contributed by atoms with Gasteiger partial charge in [-0.2, -0.15) is 5.10 Å². The average Bonchev–Trinajstić information content (AvgIpc) is 2.89. The Morgan fingerprint density at radius 1 is 0.892 bits per heavy atom. The number of hydrogen-bond acceptors (Lipinski definition) is 5. The summed E-state index contributed by atoms with van der Waals surface area (Å²) < 4.78 is 33.3. The average molecular weight is 534 g/mol. The van der Waals surface area contributed by atoms with Gasteiger partial charge in [0.05, 0.1) is 11.1 Å². The van der Waals surface area contributed by atoms with Gasteiger partial charge in [0.15, 0.2) is 0 Å². The van der Waals surface area contributed by atoms with Gasteiger partial charge >= 0.3 is 0 Å². The summed E-state index contributed by atoms with van der Waals surface area (Å²) in [5.41, 5.74) is 5.90. The highest BCUT2D eigenvalue weighted by Gasteiger charge is 2.14. The van der Waals surface area contributed by atoms with Crippen LogP contribution in [0.25, 0.3) is 0 Å². The zero-order valence-electron chi connectivity index (χ0n) is 19.9. The van der Waals surface area contributed by atoms with Crippen LogP contribution >= 0.6 is 11.6 Å². The second-order valence-electron chi connectivity index (χ2n) is 8.18. The van der Waals surface area contributed by atoms with Crippen LogP contribution in [0.3, 0.4) is 0 Å². The van der Waals surface area contributed by atoms with Gasteiger partial charge in [-0.05, 0) is 90.8 Å². The normalized spacial score (nSPS) is 11.3. The number of hydrogen-bond donors (Lipinski definition) is 2. The number of sulfonamides is 1. The molecule has 4 aromatic rings. The molecule has 0 spiro atoms. The Morgan fingerprint density at radius 3 is 2.19 bits per heavy atom. The van der Waals surface area contributed by atoms with Crippen LogP contribution in [0.1, 0.15) is 27.0 Å². The minimum Gasteiger partial charge on any atom is -0.489 e. The maximum absolute atomic E-state index is 12.5. The number of amides is 1. The van der Waals surface area contributed by atoms with E-state index < -0.39 is 15.9 Å². The van der Waals surface area contributed by atoms with Crippen LogP contribution < -0.4 is 14.9 Å². The highest BCUT2D eigenvalue weighted by atomic mass is 35.5. The lowest BCUT2D eigenvalue weighted by Gasteiger charge is -2.09. The van der Waals surface area contributed by atoms with Gasteiger partial charge in [-0.15, -0.1) is 0 Å². The first-order valence-corrected chi connectivity index (χ1v) is 13.1. The first kappa shape index (κ1) is 25.9. The zero-order valence-corrected chi connectivity index (χ0v) is 21.5. The van der Waals surface area contributed by atoms with E-state index in [4.69, 9.17) is 16.3 Å². The first-order valence-electron chi connectivity index (χ1n) is 11.3. The molecule has 0 saturated carbocycles. The van der Waals surface area contributed by atoms with Crippen LogP contribution in [-0.4, -0.2) is 20.5 Å². The Bertz CT molecular complexity index is 1490. The fraction of sp³-hybridized carbons (Fsp3) is 0.0714. The summed E-state index contributed by atoms with van der Waals surface area (Å²) in [4.78, 5) is 12.6. The van der Waals surface area contributed by atoms with Crippen LogP contribution in [-0.2, 0) is 16.6 Å². The van der Waals surface area contributed by atoms with Crippen molar-refractivity contribution in [2.45, 2.75) is 18.4 Å². The maximum atomic E-state index is 12.5. The molecular weight excluding hydrogens is 510 g/mol. The minimum absolute atomic E-state index is 0.162. The predicted molar refractivity (Wildman–Crippen MR) is 146 cm³/mol. The quantitative estimate of drug-likeness (QED) is 0.210. The molecule has 0 radical (unpaired) electrons. The monoisotopic (exact) mass is 533 g/mol. The lowest BCUT2D eigenvalue weighted by atomic mass is 10.2. The van der Waals surface area contributed by atoms with Gasteiger partial charge < -0.3 is 4.74 Å². The second kappa shape index (κ2) is 11.7. The van der Waals surface area contributed by atoms with E-state index in [-0.39, 0.29) is 4.90 Å². The van der Waals surface area contributed by atoms with Crippen LogP contribution in [0.4, 0.5) is 5.69 Å². The summed E-state index contributed by atoms with van der Waals surface area (Å²) in [6, 6.07) is 27.3. The van der Waals surface area contributed by atoms with E-state index in [0.29, 0.717) is 28.6 Å². The third-order valence-corrected chi connectivity index (χ3v) is 6.96. The summed E-state index contributed by atoms with van der Waals surface area (Å²) in [7, 11) is -3.72. The molecule has 0 fully saturated rings. The van der Waals surface area contributed by atoms with Crippen LogP contribution in [0.15, 0.2) is 107 Å². The predicted octanol–water partition coefficient (Wildman–Crippen LogP) is 5.79. The molecule has 0 aliphatic heterocycles. The number of ether oxygens (including phenoxy) is 1. The second-order valence-corrected chi connectivity index (χ2v) is 10.3. The first-order chi connectivity index (χ1) is 17.8. The van der Waals surface area contributed by atoms with E-state index in [1.54, 1.807) is 24.3 Å². The number of carbonyl (C=O) groups excluding carboxylic acids is 1. The molecule has 0 aliphatic carbocycles. The van der Waals surface area contributed by atoms with Crippen LogP contribution in [0, 0.1) is 6.92 Å². The fourth-order valence-electron chi connectivity index (χ4n) is 3.25. The van der Waals surface area contributed by atoms with Gasteiger partial charge in [0, 0.05) is 16.3 Å². The molecule has 9 heteroatoms. The fourth-order valence-corrected chi connectivity index (χ4v) is 4.43. The van der Waals surface area contributed by atoms with Crippen LogP contribution in [0.5, 0.6) is 5.75 Å². The number of nitrogens with zero attached hydrogens (tertiary/aromatic N) is 1. The van der Waals surface area contributed by atoms with E-state index in [1.807, 2.05) is 55.5 Å². The topological polar surface area (TPSA) is 96.9 Å². The van der Waals surface area contributed by atoms with E-state index >= 15 is 0 Å². The van der Waals surface area contributed by atoms with Crippen molar-refractivity contribution >= 4 is 39.4 Å². The number of anilines is 1. The molecule has 0 saturated heterocycles. The summed E-state index contributed by atoms with van der Waals surface area (Å²) >= 11 is 5.89. The summed E-state index contributed by atoms with van der Waals surface area (Å²) in [5, 5.41) is 4.67. The number of halogens is 1. The molecule has 2 N–H and O–H groups in total. The van der Waals surface area contributed by atoms with Gasteiger partial charge in [0.2, 0.25) is 0 Å². The summed E-state index contributed by atoms with van der Waals surface area (Å²) in [5.74, 6) is 0.279. The smallest absolute Gasteiger partial charge is 0.271 e. The highest BCUT2D eigenvalue weighted by Crippen LogP contribution is 2.18. The Hall–Kier alpha value is -4.14. The number of carbonyl (C=O) groups is 1. The Kier molecular flexibility index (Phi) is 8.22. The standard InChI is InChI=1S/C28H24ClN3O4S/c1-20-2-16-27(17-3-20)37(34,35)32-25-12-8-23(9-13-25)28(33)31-30-18-21-6-14-26(15-7-21)36-19-22-4-10-24(29)11-5-22/h2-18,32H,19H2,1H3,(H,31,33). The number of aryl methyl sites for hydroxylation is 1. The molecule has 0 aliphatic rings. The van der Waals surface area contributed by atoms with Gasteiger partial charge in [0.1, 0.15) is 12.4 Å². The molecule has 188 valence electrons. The van der Waals surface area contributed by atoms with Crippen molar-refractivity contribution in [1.82, 2.24) is 5.43 Å². The molecule has 4 aromatic carbocycles. The van der Waals surface area contributed by atoms with Crippen LogP contribution in [0.2, 0.25) is 5.02 Å². The Labute approximate surface area is 220 Å². The molecule has 0 atom stereocenters. The molecule has 0 bridgehead atoms. The zero-order chi connectivity index (χ0) is 26.3. The van der Waals surface area contributed by atoms with Crippen molar-refractivity contribution < 1.29 is 17.9 Å². The molecule has 7 nitrogen and oxygen atoms in total. The number of hydrazone groups is 1. The van der Waals surface area contributed by atoms with Crippen molar-refractivity contribution in [3.63, 3.8) is 0 Å². The van der Waals surface area contributed by atoms with Gasteiger partial charge in [-0.1, -0.05) is 41.4 Å². The van der Waals surface area contributed by atoms with Gasteiger partial charge in [-0.3, -0.25) is 9.52 Å². The number of rotatable bonds is 9. The van der Waals surface area contributed by atoms with Crippen molar-refractivity contribution in [2.24, 2.45) is 5.10 Å². The minimum atomic E-state index is -3.72. The summed E-state index contributed by atoms with van der Waals surface area (Å²) in [6.45, 7) is 2.31. The SMILES string of the molecule is Cc1ccc(S(=O)(=O)Nc2ccc(C(=O)NN=Cc3ccc(OCc4ccc(Cl)cc4)cc3)cc2)cc1. The lowest BCUT2D eigenvalue weighted by Crippen LogP contribution is -2.18. The third-order valence-electron chi connectivity index (χ3n) is 5.31. The van der Waals surface area contributed by atoms with E-state index in [0.717, 1.165) is 16.7 Å². The molecule has 37 heavy (non-hydrogen) atoms. The van der Waals surface area contributed by atoms with E-state index in [1.165, 1.54) is 30.5 Å². The molecular formula is C28H24ClN3O4S. The lowest BCUT2D eigenvalue weighted by molar-refractivity contribution is 0.0955. The molecule has 0 unspecified atom stereocenters. The van der Waals surface area contributed by atoms with Crippen molar-refractivity contribution in [3.8, 4) is 5.75 Å². The Balaban J connectivity index is 1.28. The van der Waals surface area contributed by atoms with Crippen molar-refractivity contribution in [3.05, 3.63) is 124 Å². The number of nitrogens with one attached hydrogen (secondary N) is 2. The molecule has 4 rings (SSSR count). The molecule has 0 heterocycles. The molecule has 1 amide bonds. The van der Waals surface area contributed by atoms with Gasteiger partial charge in [0.25, 0.3) is 15.9 Å². The summed E-state index contributed by atoms with van der Waals surface area (Å²) in [6.07, 6.45) is 1.52. The largest absolute Gasteiger partial charge is 0.489 e. The number of benzene rings is 4. The van der Waals surface area contributed by atoms with Crippen molar-refractivity contribution in [1.29, 1.82) is 0 Å². The van der Waals surface area contributed by atoms with E-state index in [9.17, 15) is 13.2 Å².